The molecule has 1 aliphatic carbocycles. The summed E-state index contributed by atoms with van der Waals surface area (Å²) >= 11 is 0. The zero-order valence-electron chi connectivity index (χ0n) is 11.2. The normalized spacial score (nSPS) is 22.7. The van der Waals surface area contributed by atoms with Crippen LogP contribution in [0, 0.1) is 5.82 Å². The molecule has 19 heavy (non-hydrogen) atoms. The predicted molar refractivity (Wildman–Crippen MR) is 71.7 cm³/mol. The van der Waals surface area contributed by atoms with Gasteiger partial charge in [-0.3, -0.25) is 0 Å². The number of hydrogen-bond donors (Lipinski definition) is 1. The van der Waals surface area contributed by atoms with Gasteiger partial charge in [0.1, 0.15) is 0 Å². The second-order valence-corrected chi connectivity index (χ2v) is 5.39. The van der Waals surface area contributed by atoms with Crippen molar-refractivity contribution in [3.63, 3.8) is 0 Å². The van der Waals surface area contributed by atoms with Crippen molar-refractivity contribution in [3.05, 3.63) is 23.6 Å². The highest BCUT2D eigenvalue weighted by atomic mass is 19.1. The number of nitrogens with zero attached hydrogens (tertiary/aromatic N) is 2. The smallest absolute Gasteiger partial charge is 0.170 e. The average molecular weight is 265 g/mol. The van der Waals surface area contributed by atoms with Crippen LogP contribution in [-0.2, 0) is 11.3 Å². The lowest BCUT2D eigenvalue weighted by molar-refractivity contribution is 0.193. The van der Waals surface area contributed by atoms with Crippen molar-refractivity contribution < 1.29 is 9.13 Å². The number of anilines is 1. The zero-order valence-corrected chi connectivity index (χ0v) is 11.2. The maximum Gasteiger partial charge on any atom is 0.170 e. The summed E-state index contributed by atoms with van der Waals surface area (Å²) in [7, 11) is 1.89. The Bertz CT molecular complexity index is 444. The van der Waals surface area contributed by atoms with E-state index in [-0.39, 0.29) is 11.9 Å². The maximum atomic E-state index is 14.5. The van der Waals surface area contributed by atoms with E-state index in [1.807, 2.05) is 11.9 Å². The van der Waals surface area contributed by atoms with Crippen LogP contribution >= 0.6 is 0 Å². The number of ether oxygens (including phenoxy) is 1. The Hall–Kier alpha value is -1.20. The Morgan fingerprint density at radius 3 is 3.00 bits per heavy atom. The molecule has 1 saturated heterocycles. The summed E-state index contributed by atoms with van der Waals surface area (Å²) in [5.74, 6) is 0.232. The quantitative estimate of drug-likeness (QED) is 0.879. The van der Waals surface area contributed by atoms with E-state index in [1.165, 1.54) is 12.8 Å². The highest BCUT2D eigenvalue weighted by molar-refractivity contribution is 5.43. The third kappa shape index (κ3) is 2.87. The molecule has 0 aromatic carbocycles. The van der Waals surface area contributed by atoms with E-state index in [2.05, 4.69) is 10.3 Å². The van der Waals surface area contributed by atoms with Crippen LogP contribution in [0.1, 0.15) is 24.8 Å². The van der Waals surface area contributed by atoms with E-state index in [0.717, 1.165) is 13.0 Å². The van der Waals surface area contributed by atoms with Gasteiger partial charge in [-0.1, -0.05) is 0 Å². The van der Waals surface area contributed by atoms with Gasteiger partial charge in [0.05, 0.1) is 12.6 Å². The molecule has 1 atom stereocenters. The van der Waals surface area contributed by atoms with Crippen molar-refractivity contribution in [2.24, 2.45) is 0 Å². The first-order valence-electron chi connectivity index (χ1n) is 6.93. The Balaban J connectivity index is 1.73. The summed E-state index contributed by atoms with van der Waals surface area (Å²) in [6, 6.07) is 2.57. The summed E-state index contributed by atoms with van der Waals surface area (Å²) in [5, 5.41) is 3.34. The van der Waals surface area contributed by atoms with Crippen LogP contribution in [0.15, 0.2) is 12.3 Å². The SMILES string of the molecule is CN(c1nccc(CNC2CC2)c1F)C1CCOC1. The first-order valence-corrected chi connectivity index (χ1v) is 6.93. The van der Waals surface area contributed by atoms with Crippen LogP contribution in [0.4, 0.5) is 10.2 Å². The number of rotatable bonds is 5. The number of aromatic nitrogens is 1. The zero-order chi connectivity index (χ0) is 13.2. The minimum atomic E-state index is -0.204. The van der Waals surface area contributed by atoms with Crippen molar-refractivity contribution in [3.8, 4) is 0 Å². The largest absolute Gasteiger partial charge is 0.379 e. The Kier molecular flexibility index (Phi) is 3.66. The minimum Gasteiger partial charge on any atom is -0.379 e. The highest BCUT2D eigenvalue weighted by Gasteiger charge is 2.25. The molecule has 3 rings (SSSR count). The van der Waals surface area contributed by atoms with Crippen LogP contribution < -0.4 is 10.2 Å². The van der Waals surface area contributed by atoms with Crippen LogP contribution in [0.2, 0.25) is 0 Å². The van der Waals surface area contributed by atoms with Crippen molar-refractivity contribution in [1.29, 1.82) is 0 Å². The van der Waals surface area contributed by atoms with Gasteiger partial charge in [-0.05, 0) is 25.3 Å². The molecule has 1 saturated carbocycles. The summed E-state index contributed by atoms with van der Waals surface area (Å²) in [4.78, 5) is 6.10. The molecule has 1 unspecified atom stereocenters. The molecular weight excluding hydrogens is 245 g/mol. The number of pyridine rings is 1. The molecule has 1 N–H and O–H groups in total. The van der Waals surface area contributed by atoms with Gasteiger partial charge in [0.2, 0.25) is 0 Å². The van der Waals surface area contributed by atoms with Gasteiger partial charge in [-0.25, -0.2) is 9.37 Å². The van der Waals surface area contributed by atoms with Crippen LogP contribution in [0.3, 0.4) is 0 Å². The van der Waals surface area contributed by atoms with Gasteiger partial charge < -0.3 is 15.0 Å². The lowest BCUT2D eigenvalue weighted by atomic mass is 10.2. The number of nitrogens with one attached hydrogen (secondary N) is 1. The molecule has 0 amide bonds. The monoisotopic (exact) mass is 265 g/mol. The second-order valence-electron chi connectivity index (χ2n) is 5.39. The third-order valence-corrected chi connectivity index (χ3v) is 3.90. The highest BCUT2D eigenvalue weighted by Crippen LogP contribution is 2.24. The Labute approximate surface area is 113 Å². The molecular formula is C14H20FN3O. The summed E-state index contributed by atoms with van der Waals surface area (Å²) in [5.41, 5.74) is 0.697. The molecule has 2 fully saturated rings. The van der Waals surface area contributed by atoms with Gasteiger partial charge in [0.25, 0.3) is 0 Å². The number of halogens is 1. The predicted octanol–water partition coefficient (Wildman–Crippen LogP) is 1.70. The van der Waals surface area contributed by atoms with E-state index in [1.54, 1.807) is 12.3 Å². The molecule has 4 nitrogen and oxygen atoms in total. The van der Waals surface area contributed by atoms with Crippen molar-refractivity contribution in [1.82, 2.24) is 10.3 Å². The molecule has 1 aromatic heterocycles. The third-order valence-electron chi connectivity index (χ3n) is 3.90. The van der Waals surface area contributed by atoms with Crippen molar-refractivity contribution in [2.45, 2.75) is 37.9 Å². The molecule has 104 valence electrons. The molecule has 2 aliphatic rings. The van der Waals surface area contributed by atoms with Gasteiger partial charge in [-0.15, -0.1) is 0 Å². The fourth-order valence-electron chi connectivity index (χ4n) is 2.40. The van der Waals surface area contributed by atoms with Gasteiger partial charge >= 0.3 is 0 Å². The molecule has 0 bridgehead atoms. The average Bonchev–Trinajstić information content (AvgIpc) is 3.08. The van der Waals surface area contributed by atoms with E-state index in [9.17, 15) is 4.39 Å². The van der Waals surface area contributed by atoms with Gasteiger partial charge in [-0.2, -0.15) is 0 Å². The molecule has 5 heteroatoms. The summed E-state index contributed by atoms with van der Waals surface area (Å²) in [6.45, 7) is 1.99. The standard InChI is InChI=1S/C14H20FN3O/c1-18(12-5-7-19-9-12)14-13(15)10(4-6-16-14)8-17-11-2-3-11/h4,6,11-12,17H,2-3,5,7-9H2,1H3. The fraction of sp³-hybridized carbons (Fsp3) is 0.643. The Morgan fingerprint density at radius 2 is 2.32 bits per heavy atom. The van der Waals surface area contributed by atoms with Crippen molar-refractivity contribution >= 4 is 5.82 Å². The minimum absolute atomic E-state index is 0.204. The Morgan fingerprint density at radius 1 is 1.47 bits per heavy atom. The first kappa shape index (κ1) is 12.8. The van der Waals surface area contributed by atoms with Crippen LogP contribution in [0.25, 0.3) is 0 Å². The van der Waals surface area contributed by atoms with Gasteiger partial charge in [0, 0.05) is 38.0 Å². The fourth-order valence-corrected chi connectivity index (χ4v) is 2.40. The second kappa shape index (κ2) is 5.43. The summed E-state index contributed by atoms with van der Waals surface area (Å²) < 4.78 is 19.8. The van der Waals surface area contributed by atoms with E-state index >= 15 is 0 Å². The van der Waals surface area contributed by atoms with Crippen LogP contribution in [0.5, 0.6) is 0 Å². The van der Waals surface area contributed by atoms with E-state index < -0.39 is 0 Å². The van der Waals surface area contributed by atoms with Crippen LogP contribution in [-0.4, -0.2) is 37.3 Å². The maximum absolute atomic E-state index is 14.5. The molecule has 2 heterocycles. The van der Waals surface area contributed by atoms with Crippen molar-refractivity contribution in [2.75, 3.05) is 25.2 Å². The van der Waals surface area contributed by atoms with E-state index in [0.29, 0.717) is 30.6 Å². The number of likely N-dealkylation sites (N-methyl/N-ethyl adjacent to an activating group) is 1. The lowest BCUT2D eigenvalue weighted by Gasteiger charge is -2.25. The molecule has 0 spiro atoms. The number of hydrogen-bond acceptors (Lipinski definition) is 4. The first-order chi connectivity index (χ1) is 9.25. The molecule has 0 radical (unpaired) electrons. The lowest BCUT2D eigenvalue weighted by Crippen LogP contribution is -2.33. The summed E-state index contributed by atoms with van der Waals surface area (Å²) in [6.07, 6.45) is 5.04. The topological polar surface area (TPSA) is 37.4 Å². The van der Waals surface area contributed by atoms with E-state index in [4.69, 9.17) is 4.74 Å². The molecule has 1 aliphatic heterocycles. The van der Waals surface area contributed by atoms with Gasteiger partial charge in [0.15, 0.2) is 11.6 Å². The molecule has 1 aromatic rings.